The van der Waals surface area contributed by atoms with Crippen molar-refractivity contribution in [1.82, 2.24) is 25.5 Å². The molecule has 0 aliphatic rings. The zero-order valence-electron chi connectivity index (χ0n) is 15.0. The zero-order valence-corrected chi connectivity index (χ0v) is 15.9. The lowest BCUT2D eigenvalue weighted by molar-refractivity contribution is 0.0929. The van der Waals surface area contributed by atoms with Crippen LogP contribution in [0.5, 0.6) is 0 Å². The molecule has 7 nitrogen and oxygen atoms in total. The molecular weight excluding hydrogens is 348 g/mol. The van der Waals surface area contributed by atoms with Crippen molar-refractivity contribution in [3.63, 3.8) is 0 Å². The highest BCUT2D eigenvalue weighted by molar-refractivity contribution is 7.10. The summed E-state index contributed by atoms with van der Waals surface area (Å²) in [5, 5.41) is 15.0. The molecule has 0 aromatic carbocycles. The van der Waals surface area contributed by atoms with Crippen molar-refractivity contribution in [1.29, 1.82) is 0 Å². The van der Waals surface area contributed by atoms with Crippen LogP contribution in [0.1, 0.15) is 45.3 Å². The van der Waals surface area contributed by atoms with Crippen LogP contribution in [0.2, 0.25) is 0 Å². The van der Waals surface area contributed by atoms with Gasteiger partial charge in [-0.05, 0) is 44.2 Å². The molecule has 0 unspecified atom stereocenters. The Bertz CT molecular complexity index is 860. The van der Waals surface area contributed by atoms with E-state index in [4.69, 9.17) is 0 Å². The van der Waals surface area contributed by atoms with Crippen LogP contribution >= 0.6 is 11.3 Å². The number of carbonyl (C=O) groups excluding carboxylic acids is 1. The fourth-order valence-electron chi connectivity index (χ4n) is 2.51. The van der Waals surface area contributed by atoms with Crippen molar-refractivity contribution in [3.05, 3.63) is 57.4 Å². The molecule has 26 heavy (non-hydrogen) atoms. The van der Waals surface area contributed by atoms with Gasteiger partial charge in [-0.2, -0.15) is 5.10 Å². The predicted octanol–water partition coefficient (Wildman–Crippen LogP) is 3.02. The SMILES string of the molecule is Cc1nc(C(=O)N[C@H](C)c2cccs2)nc(NCCc2cn[nH]c2)c1C. The predicted molar refractivity (Wildman–Crippen MR) is 102 cm³/mol. The van der Waals surface area contributed by atoms with Crippen molar-refractivity contribution in [3.8, 4) is 0 Å². The minimum atomic E-state index is -0.271. The topological polar surface area (TPSA) is 95.6 Å². The van der Waals surface area contributed by atoms with Gasteiger partial charge >= 0.3 is 0 Å². The molecule has 0 bridgehead atoms. The number of nitrogens with zero attached hydrogens (tertiary/aromatic N) is 3. The van der Waals surface area contributed by atoms with Crippen molar-refractivity contribution in [2.45, 2.75) is 33.2 Å². The van der Waals surface area contributed by atoms with E-state index in [1.807, 2.05) is 44.5 Å². The Morgan fingerprint density at radius 2 is 2.19 bits per heavy atom. The van der Waals surface area contributed by atoms with E-state index in [0.29, 0.717) is 12.4 Å². The average Bonchev–Trinajstić information content (AvgIpc) is 3.31. The second-order valence-electron chi connectivity index (χ2n) is 6.10. The Hall–Kier alpha value is -2.74. The standard InChI is InChI=1S/C18H22N6OS/c1-11-12(2)22-17(18(25)23-13(3)15-5-4-8-26-15)24-16(11)19-7-6-14-9-20-21-10-14/h4-5,8-10,13H,6-7H2,1-3H3,(H,20,21)(H,23,25)(H,19,22,24)/t13-/m1/s1. The van der Waals surface area contributed by atoms with Crippen LogP contribution in [0.25, 0.3) is 0 Å². The first-order valence-corrected chi connectivity index (χ1v) is 9.33. The Morgan fingerprint density at radius 3 is 2.88 bits per heavy atom. The summed E-state index contributed by atoms with van der Waals surface area (Å²) in [6.45, 7) is 6.49. The molecule has 1 amide bonds. The van der Waals surface area contributed by atoms with Crippen LogP contribution in [0.15, 0.2) is 29.9 Å². The number of H-pyrrole nitrogens is 1. The Balaban J connectivity index is 1.69. The summed E-state index contributed by atoms with van der Waals surface area (Å²) in [5.41, 5.74) is 2.85. The fraction of sp³-hybridized carbons (Fsp3) is 0.333. The summed E-state index contributed by atoms with van der Waals surface area (Å²) in [4.78, 5) is 22.4. The van der Waals surface area contributed by atoms with E-state index < -0.39 is 0 Å². The largest absolute Gasteiger partial charge is 0.369 e. The van der Waals surface area contributed by atoms with Crippen LogP contribution in [0.4, 0.5) is 5.82 Å². The van der Waals surface area contributed by atoms with Gasteiger partial charge in [0.15, 0.2) is 0 Å². The molecule has 0 saturated heterocycles. The number of aryl methyl sites for hydroxylation is 1. The highest BCUT2D eigenvalue weighted by Crippen LogP contribution is 2.19. The quantitative estimate of drug-likeness (QED) is 0.594. The summed E-state index contributed by atoms with van der Waals surface area (Å²) >= 11 is 1.61. The van der Waals surface area contributed by atoms with Crippen LogP contribution < -0.4 is 10.6 Å². The number of amides is 1. The van der Waals surface area contributed by atoms with Crippen LogP contribution in [-0.4, -0.2) is 32.6 Å². The van der Waals surface area contributed by atoms with Gasteiger partial charge in [-0.25, -0.2) is 9.97 Å². The van der Waals surface area contributed by atoms with Gasteiger partial charge in [-0.15, -0.1) is 11.3 Å². The molecule has 3 aromatic heterocycles. The number of hydrogen-bond donors (Lipinski definition) is 3. The number of nitrogens with one attached hydrogen (secondary N) is 3. The third kappa shape index (κ3) is 4.26. The van der Waals surface area contributed by atoms with Gasteiger partial charge in [0.2, 0.25) is 5.82 Å². The van der Waals surface area contributed by atoms with Crippen LogP contribution in [0.3, 0.4) is 0 Å². The lowest BCUT2D eigenvalue weighted by Crippen LogP contribution is -2.28. The number of rotatable bonds is 7. The molecule has 0 spiro atoms. The third-order valence-electron chi connectivity index (χ3n) is 4.17. The molecule has 3 heterocycles. The lowest BCUT2D eigenvalue weighted by Gasteiger charge is -2.14. The lowest BCUT2D eigenvalue weighted by atomic mass is 10.2. The van der Waals surface area contributed by atoms with Crippen molar-refractivity contribution < 1.29 is 4.79 Å². The molecule has 0 radical (unpaired) electrons. The number of carbonyl (C=O) groups is 1. The number of thiophene rings is 1. The van der Waals surface area contributed by atoms with Crippen molar-refractivity contribution in [2.24, 2.45) is 0 Å². The number of aromatic nitrogens is 4. The van der Waals surface area contributed by atoms with E-state index in [1.54, 1.807) is 17.5 Å². The monoisotopic (exact) mass is 370 g/mol. The smallest absolute Gasteiger partial charge is 0.289 e. The van der Waals surface area contributed by atoms with E-state index >= 15 is 0 Å². The summed E-state index contributed by atoms with van der Waals surface area (Å²) < 4.78 is 0. The van der Waals surface area contributed by atoms with Crippen LogP contribution in [-0.2, 0) is 6.42 Å². The van der Waals surface area contributed by atoms with Crippen LogP contribution in [0, 0.1) is 13.8 Å². The molecule has 0 saturated carbocycles. The first-order chi connectivity index (χ1) is 12.5. The van der Waals surface area contributed by atoms with Crippen molar-refractivity contribution >= 4 is 23.1 Å². The molecule has 3 N–H and O–H groups in total. The average molecular weight is 370 g/mol. The molecule has 0 aliphatic carbocycles. The second kappa shape index (κ2) is 8.09. The molecular formula is C18H22N6OS. The summed E-state index contributed by atoms with van der Waals surface area (Å²) in [6, 6.07) is 3.89. The molecule has 1 atom stereocenters. The third-order valence-corrected chi connectivity index (χ3v) is 5.23. The minimum absolute atomic E-state index is 0.0785. The van der Waals surface area contributed by atoms with E-state index in [1.165, 1.54) is 0 Å². The molecule has 3 rings (SSSR count). The van der Waals surface area contributed by atoms with Gasteiger partial charge < -0.3 is 10.6 Å². The fourth-order valence-corrected chi connectivity index (χ4v) is 3.25. The maximum Gasteiger partial charge on any atom is 0.289 e. The van der Waals surface area contributed by atoms with E-state index in [9.17, 15) is 4.79 Å². The summed E-state index contributed by atoms with van der Waals surface area (Å²) in [5.74, 6) is 0.601. The second-order valence-corrected chi connectivity index (χ2v) is 7.08. The Morgan fingerprint density at radius 1 is 1.35 bits per heavy atom. The first-order valence-electron chi connectivity index (χ1n) is 8.45. The highest BCUT2D eigenvalue weighted by Gasteiger charge is 2.17. The summed E-state index contributed by atoms with van der Waals surface area (Å²) in [7, 11) is 0. The van der Waals surface area contributed by atoms with E-state index in [0.717, 1.165) is 28.1 Å². The molecule has 8 heteroatoms. The highest BCUT2D eigenvalue weighted by atomic mass is 32.1. The number of hydrogen-bond acceptors (Lipinski definition) is 6. The maximum absolute atomic E-state index is 12.6. The van der Waals surface area contributed by atoms with E-state index in [2.05, 4.69) is 30.8 Å². The van der Waals surface area contributed by atoms with Gasteiger partial charge in [0.05, 0.1) is 12.2 Å². The first kappa shape index (κ1) is 18.1. The van der Waals surface area contributed by atoms with Crippen molar-refractivity contribution in [2.75, 3.05) is 11.9 Å². The Labute approximate surface area is 156 Å². The van der Waals surface area contributed by atoms with Gasteiger partial charge in [-0.3, -0.25) is 9.89 Å². The maximum atomic E-state index is 12.6. The van der Waals surface area contributed by atoms with E-state index in [-0.39, 0.29) is 17.8 Å². The molecule has 136 valence electrons. The minimum Gasteiger partial charge on any atom is -0.369 e. The number of aromatic amines is 1. The normalized spacial score (nSPS) is 12.0. The van der Waals surface area contributed by atoms with Gasteiger partial charge in [-0.1, -0.05) is 6.07 Å². The van der Waals surface area contributed by atoms with Gasteiger partial charge in [0.1, 0.15) is 5.82 Å². The number of anilines is 1. The van der Waals surface area contributed by atoms with Gasteiger partial charge in [0.25, 0.3) is 5.91 Å². The van der Waals surface area contributed by atoms with Gasteiger partial charge in [0, 0.05) is 28.9 Å². The molecule has 0 aliphatic heterocycles. The summed E-state index contributed by atoms with van der Waals surface area (Å²) in [6.07, 6.45) is 4.48. The Kier molecular flexibility index (Phi) is 5.62. The molecule has 0 fully saturated rings. The molecule has 3 aromatic rings. The zero-order chi connectivity index (χ0) is 18.5.